The highest BCUT2D eigenvalue weighted by Gasteiger charge is 2.12. The second-order valence-corrected chi connectivity index (χ2v) is 6.44. The Kier molecular flexibility index (Phi) is 9.03. The highest BCUT2D eigenvalue weighted by Crippen LogP contribution is 2.34. The molecule has 2 aromatic rings. The molecule has 0 unspecified atom stereocenters. The van der Waals surface area contributed by atoms with Crippen LogP contribution >= 0.6 is 0 Å². The number of rotatable bonds is 12. The first-order valence-electron chi connectivity index (χ1n) is 10.1. The maximum atomic E-state index is 12.5. The summed E-state index contributed by atoms with van der Waals surface area (Å²) in [6, 6.07) is 11.1. The molecule has 0 fully saturated rings. The molecule has 4 nitrogen and oxygen atoms in total. The van der Waals surface area contributed by atoms with Crippen molar-refractivity contribution in [3.8, 4) is 17.2 Å². The number of benzene rings is 2. The largest absolute Gasteiger partial charge is 0.490 e. The van der Waals surface area contributed by atoms with Crippen LogP contribution in [0.4, 0.5) is 0 Å². The molecule has 0 atom stereocenters. The molecule has 0 radical (unpaired) electrons. The minimum Gasteiger partial charge on any atom is -0.490 e. The van der Waals surface area contributed by atoms with Gasteiger partial charge in [-0.2, -0.15) is 0 Å². The van der Waals surface area contributed by atoms with Gasteiger partial charge >= 0.3 is 0 Å². The Morgan fingerprint density at radius 3 is 2.34 bits per heavy atom. The van der Waals surface area contributed by atoms with Gasteiger partial charge < -0.3 is 14.2 Å². The number of carbonyl (C=O) groups excluding carboxylic acids is 1. The predicted octanol–water partition coefficient (Wildman–Crippen LogP) is 5.90. The number of ketones is 1. The number of aryl methyl sites for hydroxylation is 1. The zero-order valence-corrected chi connectivity index (χ0v) is 17.6. The van der Waals surface area contributed by atoms with Crippen LogP contribution in [0.2, 0.25) is 0 Å². The van der Waals surface area contributed by atoms with E-state index in [9.17, 15) is 4.79 Å². The minimum absolute atomic E-state index is 0.0656. The van der Waals surface area contributed by atoms with Crippen molar-refractivity contribution in [2.45, 2.75) is 33.6 Å². The molecule has 2 rings (SSSR count). The van der Waals surface area contributed by atoms with Crippen molar-refractivity contribution in [2.24, 2.45) is 0 Å². The summed E-state index contributed by atoms with van der Waals surface area (Å²) in [4.78, 5) is 12.5. The second-order valence-electron chi connectivity index (χ2n) is 6.44. The Morgan fingerprint density at radius 2 is 1.72 bits per heavy atom. The van der Waals surface area contributed by atoms with Gasteiger partial charge in [-0.15, -0.1) is 0 Å². The molecule has 0 bridgehead atoms. The summed E-state index contributed by atoms with van der Waals surface area (Å²) in [6.45, 7) is 11.2. The fourth-order valence-corrected chi connectivity index (χ4v) is 2.94. The third kappa shape index (κ3) is 6.53. The van der Waals surface area contributed by atoms with Gasteiger partial charge in [-0.3, -0.25) is 4.79 Å². The molecule has 2 aromatic carbocycles. The topological polar surface area (TPSA) is 44.8 Å². The molecule has 29 heavy (non-hydrogen) atoms. The zero-order valence-electron chi connectivity index (χ0n) is 17.6. The SMILES string of the molecule is C=CCOc1ccc(C(=O)C=Cc2cc(CCC)c(OCC)c(OCC)c2)cc1. The molecule has 0 N–H and O–H groups in total. The van der Waals surface area contributed by atoms with Gasteiger partial charge in [0.2, 0.25) is 0 Å². The van der Waals surface area contributed by atoms with Crippen LogP contribution < -0.4 is 14.2 Å². The van der Waals surface area contributed by atoms with Crippen LogP contribution in [0.1, 0.15) is 48.7 Å². The third-order valence-electron chi connectivity index (χ3n) is 4.20. The highest BCUT2D eigenvalue weighted by atomic mass is 16.5. The van der Waals surface area contributed by atoms with Gasteiger partial charge in [-0.05, 0) is 73.9 Å². The standard InChI is InChI=1S/C25H30O4/c1-5-9-21-17-19(18-24(27-7-3)25(21)28-8-4)10-15-23(26)20-11-13-22(14-12-20)29-16-6-2/h6,10-15,17-18H,2,5,7-9,16H2,1,3-4H3. The summed E-state index contributed by atoms with van der Waals surface area (Å²) in [7, 11) is 0. The molecule has 0 spiro atoms. The summed E-state index contributed by atoms with van der Waals surface area (Å²) in [5.41, 5.74) is 2.62. The Hall–Kier alpha value is -3.01. The van der Waals surface area contributed by atoms with E-state index >= 15 is 0 Å². The number of hydrogen-bond acceptors (Lipinski definition) is 4. The summed E-state index contributed by atoms with van der Waals surface area (Å²) in [5, 5.41) is 0. The fraction of sp³-hybridized carbons (Fsp3) is 0.320. The number of allylic oxidation sites excluding steroid dienone is 1. The summed E-state index contributed by atoms with van der Waals surface area (Å²) >= 11 is 0. The van der Waals surface area contributed by atoms with E-state index in [1.54, 1.807) is 36.4 Å². The van der Waals surface area contributed by atoms with Crippen molar-refractivity contribution < 1.29 is 19.0 Å². The highest BCUT2D eigenvalue weighted by molar-refractivity contribution is 6.06. The van der Waals surface area contributed by atoms with Crippen LogP contribution in [0, 0.1) is 0 Å². The average Bonchev–Trinajstić information content (AvgIpc) is 2.73. The lowest BCUT2D eigenvalue weighted by Gasteiger charge is -2.16. The van der Waals surface area contributed by atoms with E-state index in [2.05, 4.69) is 19.6 Å². The van der Waals surface area contributed by atoms with E-state index in [0.29, 0.717) is 31.1 Å². The summed E-state index contributed by atoms with van der Waals surface area (Å²) < 4.78 is 17.1. The molecule has 0 saturated heterocycles. The predicted molar refractivity (Wildman–Crippen MR) is 118 cm³/mol. The Morgan fingerprint density at radius 1 is 1.00 bits per heavy atom. The molecule has 0 aromatic heterocycles. The molecule has 0 saturated carbocycles. The molecule has 4 heteroatoms. The van der Waals surface area contributed by atoms with Gasteiger partial charge in [0.1, 0.15) is 12.4 Å². The van der Waals surface area contributed by atoms with E-state index in [1.807, 2.05) is 26.0 Å². The minimum atomic E-state index is -0.0656. The first kappa shape index (κ1) is 22.3. The van der Waals surface area contributed by atoms with Crippen molar-refractivity contribution in [1.29, 1.82) is 0 Å². The lowest BCUT2D eigenvalue weighted by molar-refractivity contribution is 0.104. The number of carbonyl (C=O) groups is 1. The Bertz CT molecular complexity index is 807. The second kappa shape index (κ2) is 11.7. The van der Waals surface area contributed by atoms with E-state index in [4.69, 9.17) is 14.2 Å². The molecular formula is C25H30O4. The van der Waals surface area contributed by atoms with Gasteiger partial charge in [0.25, 0.3) is 0 Å². The van der Waals surface area contributed by atoms with Crippen LogP contribution in [-0.4, -0.2) is 25.6 Å². The van der Waals surface area contributed by atoms with E-state index < -0.39 is 0 Å². The lowest BCUT2D eigenvalue weighted by atomic mass is 10.0. The van der Waals surface area contributed by atoms with E-state index in [0.717, 1.165) is 35.5 Å². The van der Waals surface area contributed by atoms with Crippen molar-refractivity contribution in [1.82, 2.24) is 0 Å². The molecule has 0 heterocycles. The van der Waals surface area contributed by atoms with Gasteiger partial charge in [-0.1, -0.05) is 32.1 Å². The number of ether oxygens (including phenoxy) is 3. The van der Waals surface area contributed by atoms with Crippen molar-refractivity contribution in [3.63, 3.8) is 0 Å². The van der Waals surface area contributed by atoms with Gasteiger partial charge in [0.05, 0.1) is 13.2 Å². The van der Waals surface area contributed by atoms with E-state index in [-0.39, 0.29) is 5.78 Å². The van der Waals surface area contributed by atoms with Crippen molar-refractivity contribution in [3.05, 3.63) is 71.8 Å². The van der Waals surface area contributed by atoms with Crippen molar-refractivity contribution in [2.75, 3.05) is 19.8 Å². The van der Waals surface area contributed by atoms with Gasteiger partial charge in [-0.25, -0.2) is 0 Å². The van der Waals surface area contributed by atoms with Crippen LogP contribution in [0.5, 0.6) is 17.2 Å². The molecule has 0 aliphatic heterocycles. The van der Waals surface area contributed by atoms with E-state index in [1.165, 1.54) is 0 Å². The maximum Gasteiger partial charge on any atom is 0.185 e. The fourth-order valence-electron chi connectivity index (χ4n) is 2.94. The molecule has 0 aliphatic carbocycles. The van der Waals surface area contributed by atoms with Crippen molar-refractivity contribution >= 4 is 11.9 Å². The summed E-state index contributed by atoms with van der Waals surface area (Å²) in [5.74, 6) is 2.16. The molecule has 0 amide bonds. The normalized spacial score (nSPS) is 10.7. The first-order chi connectivity index (χ1) is 14.1. The lowest BCUT2D eigenvalue weighted by Crippen LogP contribution is -2.03. The Labute approximate surface area is 173 Å². The maximum absolute atomic E-state index is 12.5. The van der Waals surface area contributed by atoms with Gasteiger partial charge in [0.15, 0.2) is 17.3 Å². The van der Waals surface area contributed by atoms with Crippen LogP contribution in [0.15, 0.2) is 55.1 Å². The number of hydrogen-bond donors (Lipinski definition) is 0. The third-order valence-corrected chi connectivity index (χ3v) is 4.20. The van der Waals surface area contributed by atoms with Crippen LogP contribution in [0.3, 0.4) is 0 Å². The molecule has 154 valence electrons. The monoisotopic (exact) mass is 394 g/mol. The smallest absolute Gasteiger partial charge is 0.185 e. The summed E-state index contributed by atoms with van der Waals surface area (Å²) in [6.07, 6.45) is 6.97. The molecule has 0 aliphatic rings. The average molecular weight is 395 g/mol. The van der Waals surface area contributed by atoms with Gasteiger partial charge in [0, 0.05) is 5.56 Å². The quantitative estimate of drug-likeness (QED) is 0.255. The molecular weight excluding hydrogens is 364 g/mol. The zero-order chi connectivity index (χ0) is 21.1. The van der Waals surface area contributed by atoms with Crippen LogP contribution in [-0.2, 0) is 6.42 Å². The van der Waals surface area contributed by atoms with Crippen LogP contribution in [0.25, 0.3) is 6.08 Å². The Balaban J connectivity index is 2.23. The first-order valence-corrected chi connectivity index (χ1v) is 10.1.